The molecular weight excluding hydrogens is 308 g/mol. The first-order chi connectivity index (χ1) is 11.5. The van der Waals surface area contributed by atoms with Crippen molar-refractivity contribution >= 4 is 11.9 Å². The van der Waals surface area contributed by atoms with E-state index in [1.165, 1.54) is 12.8 Å². The van der Waals surface area contributed by atoms with Crippen LogP contribution in [0.4, 0.5) is 4.79 Å². The maximum absolute atomic E-state index is 12.5. The van der Waals surface area contributed by atoms with Gasteiger partial charge in [-0.05, 0) is 37.5 Å². The third-order valence-electron chi connectivity index (χ3n) is 5.03. The summed E-state index contributed by atoms with van der Waals surface area (Å²) >= 11 is 0. The van der Waals surface area contributed by atoms with Crippen LogP contribution in [0.3, 0.4) is 0 Å². The minimum absolute atomic E-state index is 0.0375. The predicted molar refractivity (Wildman–Crippen MR) is 88.3 cm³/mol. The van der Waals surface area contributed by atoms with Crippen LogP contribution < -0.4 is 11.1 Å². The highest BCUT2D eigenvalue weighted by molar-refractivity contribution is 5.90. The predicted octanol–water partition coefficient (Wildman–Crippen LogP) is 1.16. The lowest BCUT2D eigenvalue weighted by Crippen LogP contribution is -2.50. The molecule has 3 amide bonds. The summed E-state index contributed by atoms with van der Waals surface area (Å²) in [6, 6.07) is 0.470. The Morgan fingerprint density at radius 1 is 1.25 bits per heavy atom. The number of urea groups is 1. The maximum Gasteiger partial charge on any atom is 0.317 e. The van der Waals surface area contributed by atoms with Crippen LogP contribution in [0.1, 0.15) is 56.1 Å². The molecule has 8 nitrogen and oxygen atoms in total. The Balaban J connectivity index is 1.52. The number of likely N-dealkylation sites (tertiary alicyclic amines) is 1. The van der Waals surface area contributed by atoms with E-state index in [0.29, 0.717) is 24.9 Å². The first-order valence-electron chi connectivity index (χ1n) is 8.72. The molecule has 8 heteroatoms. The van der Waals surface area contributed by atoms with E-state index in [4.69, 9.17) is 5.73 Å². The number of piperidine rings is 1. The second-order valence-electron chi connectivity index (χ2n) is 7.22. The van der Waals surface area contributed by atoms with Crippen LogP contribution >= 0.6 is 0 Å². The Bertz CT molecular complexity index is 599. The normalized spacial score (nSPS) is 20.2. The van der Waals surface area contributed by atoms with Crippen LogP contribution in [0.25, 0.3) is 0 Å². The van der Waals surface area contributed by atoms with Crippen LogP contribution in [0.15, 0.2) is 6.20 Å². The summed E-state index contributed by atoms with van der Waals surface area (Å²) in [6.45, 7) is 5.68. The number of aromatic nitrogens is 3. The Morgan fingerprint density at radius 2 is 1.92 bits per heavy atom. The van der Waals surface area contributed by atoms with Gasteiger partial charge in [0.15, 0.2) is 5.69 Å². The van der Waals surface area contributed by atoms with Gasteiger partial charge in [-0.15, -0.1) is 5.10 Å². The molecule has 24 heavy (non-hydrogen) atoms. The first kappa shape index (κ1) is 16.7. The second-order valence-corrected chi connectivity index (χ2v) is 7.22. The molecule has 1 atom stereocenters. The standard InChI is InChI=1S/C16H26N6O2/c1-10(2)14(11-3-4-11)18-16(24)21-7-5-12(6-8-21)22-9-13(15(17)23)19-20-22/h9-12,14H,3-8H2,1-2H3,(H2,17,23)(H,18,24). The van der Waals surface area contributed by atoms with Crippen molar-refractivity contribution in [3.63, 3.8) is 0 Å². The molecule has 0 aromatic carbocycles. The number of nitrogens with zero attached hydrogens (tertiary/aromatic N) is 4. The maximum atomic E-state index is 12.5. The van der Waals surface area contributed by atoms with Gasteiger partial charge in [-0.1, -0.05) is 19.1 Å². The average molecular weight is 334 g/mol. The van der Waals surface area contributed by atoms with Crippen molar-refractivity contribution in [3.8, 4) is 0 Å². The number of hydrogen-bond donors (Lipinski definition) is 2. The van der Waals surface area contributed by atoms with Crippen molar-refractivity contribution < 1.29 is 9.59 Å². The zero-order valence-corrected chi connectivity index (χ0v) is 14.3. The Labute approximate surface area is 141 Å². The molecular formula is C16H26N6O2. The SMILES string of the molecule is CC(C)C(NC(=O)N1CCC(n2cc(C(N)=O)nn2)CC1)C1CC1. The highest BCUT2D eigenvalue weighted by atomic mass is 16.2. The Hall–Kier alpha value is -2.12. The molecule has 1 saturated carbocycles. The number of carbonyl (C=O) groups is 2. The summed E-state index contributed by atoms with van der Waals surface area (Å²) in [6.07, 6.45) is 5.62. The van der Waals surface area contributed by atoms with Crippen molar-refractivity contribution in [2.45, 2.75) is 51.6 Å². The molecule has 1 saturated heterocycles. The summed E-state index contributed by atoms with van der Waals surface area (Å²) in [5, 5.41) is 11.0. The Kier molecular flexibility index (Phi) is 4.73. The van der Waals surface area contributed by atoms with Crippen LogP contribution in [0, 0.1) is 11.8 Å². The average Bonchev–Trinajstić information content (AvgIpc) is 3.27. The molecule has 1 unspecified atom stereocenters. The number of primary amides is 1. The fourth-order valence-electron chi connectivity index (χ4n) is 3.42. The van der Waals surface area contributed by atoms with Gasteiger partial charge in [0.2, 0.25) is 0 Å². The van der Waals surface area contributed by atoms with E-state index in [1.54, 1.807) is 10.9 Å². The number of nitrogens with one attached hydrogen (secondary N) is 1. The lowest BCUT2D eigenvalue weighted by molar-refractivity contribution is 0.0995. The van der Waals surface area contributed by atoms with E-state index in [0.717, 1.165) is 12.8 Å². The summed E-state index contributed by atoms with van der Waals surface area (Å²) in [5.41, 5.74) is 5.38. The molecule has 0 bridgehead atoms. The number of rotatable bonds is 5. The van der Waals surface area contributed by atoms with Gasteiger partial charge >= 0.3 is 6.03 Å². The molecule has 2 heterocycles. The van der Waals surface area contributed by atoms with Crippen LogP contribution in [-0.4, -0.2) is 51.0 Å². The first-order valence-corrected chi connectivity index (χ1v) is 8.72. The minimum Gasteiger partial charge on any atom is -0.364 e. The third-order valence-corrected chi connectivity index (χ3v) is 5.03. The highest BCUT2D eigenvalue weighted by Gasteiger charge is 2.35. The van der Waals surface area contributed by atoms with E-state index in [1.807, 2.05) is 4.90 Å². The van der Waals surface area contributed by atoms with Crippen molar-refractivity contribution in [1.82, 2.24) is 25.2 Å². The molecule has 1 aliphatic carbocycles. The molecule has 1 aromatic rings. The molecule has 1 aromatic heterocycles. The summed E-state index contributed by atoms with van der Waals surface area (Å²) < 4.78 is 1.69. The fraction of sp³-hybridized carbons (Fsp3) is 0.750. The van der Waals surface area contributed by atoms with E-state index in [2.05, 4.69) is 29.5 Å². The number of carbonyl (C=O) groups excluding carboxylic acids is 2. The molecule has 2 aliphatic rings. The zero-order chi connectivity index (χ0) is 17.3. The van der Waals surface area contributed by atoms with Gasteiger partial charge < -0.3 is 16.0 Å². The van der Waals surface area contributed by atoms with Gasteiger partial charge in [-0.25, -0.2) is 9.48 Å². The van der Waals surface area contributed by atoms with Crippen molar-refractivity contribution in [1.29, 1.82) is 0 Å². The van der Waals surface area contributed by atoms with Gasteiger partial charge in [-0.3, -0.25) is 4.79 Å². The van der Waals surface area contributed by atoms with Gasteiger partial charge in [0.05, 0.1) is 12.2 Å². The van der Waals surface area contributed by atoms with Crippen molar-refractivity contribution in [2.24, 2.45) is 17.6 Å². The molecule has 3 N–H and O–H groups in total. The lowest BCUT2D eigenvalue weighted by Gasteiger charge is -2.34. The van der Waals surface area contributed by atoms with E-state index in [9.17, 15) is 9.59 Å². The molecule has 0 radical (unpaired) electrons. The summed E-state index contributed by atoms with van der Waals surface area (Å²) in [4.78, 5) is 25.5. The third kappa shape index (κ3) is 3.68. The number of nitrogens with two attached hydrogens (primary N) is 1. The quantitative estimate of drug-likeness (QED) is 0.842. The number of amides is 3. The highest BCUT2D eigenvalue weighted by Crippen LogP contribution is 2.35. The van der Waals surface area contributed by atoms with Gasteiger partial charge in [0.1, 0.15) is 0 Å². The van der Waals surface area contributed by atoms with Gasteiger partial charge in [0, 0.05) is 19.1 Å². The molecule has 1 aliphatic heterocycles. The van der Waals surface area contributed by atoms with E-state index < -0.39 is 5.91 Å². The van der Waals surface area contributed by atoms with Crippen LogP contribution in [0.5, 0.6) is 0 Å². The van der Waals surface area contributed by atoms with Crippen LogP contribution in [0.2, 0.25) is 0 Å². The molecule has 0 spiro atoms. The summed E-state index contributed by atoms with van der Waals surface area (Å²) in [7, 11) is 0. The van der Waals surface area contributed by atoms with E-state index in [-0.39, 0.29) is 23.8 Å². The summed E-state index contributed by atoms with van der Waals surface area (Å²) in [5.74, 6) is 0.535. The molecule has 2 fully saturated rings. The minimum atomic E-state index is -0.571. The van der Waals surface area contributed by atoms with Gasteiger partial charge in [0.25, 0.3) is 5.91 Å². The smallest absolute Gasteiger partial charge is 0.317 e. The lowest BCUT2D eigenvalue weighted by atomic mass is 9.99. The molecule has 3 rings (SSSR count). The monoisotopic (exact) mass is 334 g/mol. The van der Waals surface area contributed by atoms with Crippen LogP contribution in [-0.2, 0) is 0 Å². The van der Waals surface area contributed by atoms with Gasteiger partial charge in [-0.2, -0.15) is 0 Å². The fourth-order valence-corrected chi connectivity index (χ4v) is 3.42. The second kappa shape index (κ2) is 6.78. The topological polar surface area (TPSA) is 106 Å². The van der Waals surface area contributed by atoms with Crippen molar-refractivity contribution in [2.75, 3.05) is 13.1 Å². The van der Waals surface area contributed by atoms with Crippen molar-refractivity contribution in [3.05, 3.63) is 11.9 Å². The zero-order valence-electron chi connectivity index (χ0n) is 14.3. The Morgan fingerprint density at radius 3 is 2.42 bits per heavy atom. The number of hydrogen-bond acceptors (Lipinski definition) is 4. The van der Waals surface area contributed by atoms with E-state index >= 15 is 0 Å². The largest absolute Gasteiger partial charge is 0.364 e. The molecule has 132 valence electrons.